The number of carbonyl (C=O) groups is 2. The van der Waals surface area contributed by atoms with Crippen molar-refractivity contribution in [2.24, 2.45) is 0 Å². The van der Waals surface area contributed by atoms with Crippen LogP contribution in [0.4, 0.5) is 11.4 Å². The van der Waals surface area contributed by atoms with Gasteiger partial charge in [0.1, 0.15) is 0 Å². The molecule has 0 saturated carbocycles. The molecule has 0 bridgehead atoms. The van der Waals surface area contributed by atoms with E-state index in [1.165, 1.54) is 31.2 Å². The van der Waals surface area contributed by atoms with E-state index >= 15 is 0 Å². The van der Waals surface area contributed by atoms with Crippen molar-refractivity contribution in [1.82, 2.24) is 4.72 Å². The minimum atomic E-state index is -3.71. The van der Waals surface area contributed by atoms with Gasteiger partial charge in [0.05, 0.1) is 23.7 Å². The summed E-state index contributed by atoms with van der Waals surface area (Å²) in [6, 6.07) is 12.9. The first-order valence-corrected chi connectivity index (χ1v) is 11.8. The van der Waals surface area contributed by atoms with Gasteiger partial charge in [0.25, 0.3) is 5.91 Å². The van der Waals surface area contributed by atoms with Gasteiger partial charge in [0, 0.05) is 31.0 Å². The molecule has 9 nitrogen and oxygen atoms in total. The lowest BCUT2D eigenvalue weighted by molar-refractivity contribution is -0.123. The second-order valence-corrected chi connectivity index (χ2v) is 8.98. The van der Waals surface area contributed by atoms with Gasteiger partial charge in [-0.2, -0.15) is 0 Å². The number of benzene rings is 2. The van der Waals surface area contributed by atoms with Crippen LogP contribution in [0.3, 0.4) is 0 Å². The quantitative estimate of drug-likeness (QED) is 0.578. The number of hydrogen-bond acceptors (Lipinski definition) is 7. The highest BCUT2D eigenvalue weighted by Gasteiger charge is 2.21. The number of amides is 1. The fourth-order valence-electron chi connectivity index (χ4n) is 3.17. The Kier molecular flexibility index (Phi) is 7.84. The van der Waals surface area contributed by atoms with Crippen LogP contribution in [0, 0.1) is 0 Å². The second-order valence-electron chi connectivity index (χ2n) is 7.21. The molecule has 1 aliphatic rings. The summed E-state index contributed by atoms with van der Waals surface area (Å²) in [7, 11) is -3.71. The topological polar surface area (TPSA) is 114 Å². The zero-order valence-electron chi connectivity index (χ0n) is 18.0. The van der Waals surface area contributed by atoms with Crippen LogP contribution in [-0.2, 0) is 24.3 Å². The summed E-state index contributed by atoms with van der Waals surface area (Å²) in [5, 5.41) is 2.72. The standard InChI is InChI=1S/C22H27N3O6S/c1-3-23-32(28,29)20-6-4-5-17(15-20)22(27)31-16(2)21(26)24-18-7-9-19(10-8-18)25-11-13-30-14-12-25/h4-10,15-16,23H,3,11-14H2,1-2H3,(H,24,26)/t16-/m1/s1. The van der Waals surface area contributed by atoms with Crippen molar-refractivity contribution in [2.45, 2.75) is 24.8 Å². The maximum absolute atomic E-state index is 12.5. The summed E-state index contributed by atoms with van der Waals surface area (Å²) in [5.74, 6) is -1.28. The van der Waals surface area contributed by atoms with E-state index in [9.17, 15) is 18.0 Å². The van der Waals surface area contributed by atoms with E-state index in [1.807, 2.05) is 12.1 Å². The molecule has 1 fully saturated rings. The Morgan fingerprint density at radius 3 is 2.47 bits per heavy atom. The molecule has 1 aliphatic heterocycles. The highest BCUT2D eigenvalue weighted by molar-refractivity contribution is 7.89. The Balaban J connectivity index is 1.59. The van der Waals surface area contributed by atoms with Gasteiger partial charge in [0.2, 0.25) is 10.0 Å². The molecule has 1 atom stereocenters. The van der Waals surface area contributed by atoms with Gasteiger partial charge in [0.15, 0.2) is 6.10 Å². The molecule has 2 N–H and O–H groups in total. The fourth-order valence-corrected chi connectivity index (χ4v) is 4.25. The average molecular weight is 462 g/mol. The van der Waals surface area contributed by atoms with Crippen LogP contribution >= 0.6 is 0 Å². The maximum atomic E-state index is 12.5. The third-order valence-corrected chi connectivity index (χ3v) is 6.42. The van der Waals surface area contributed by atoms with Gasteiger partial charge < -0.3 is 19.7 Å². The highest BCUT2D eigenvalue weighted by atomic mass is 32.2. The van der Waals surface area contributed by atoms with Crippen LogP contribution in [0.5, 0.6) is 0 Å². The Bertz CT molecular complexity index is 1050. The number of carbonyl (C=O) groups excluding carboxylic acids is 2. The van der Waals surface area contributed by atoms with E-state index in [1.54, 1.807) is 19.1 Å². The van der Waals surface area contributed by atoms with Crippen molar-refractivity contribution >= 4 is 33.3 Å². The Morgan fingerprint density at radius 1 is 1.12 bits per heavy atom. The molecular formula is C22H27N3O6S. The molecule has 32 heavy (non-hydrogen) atoms. The van der Waals surface area contributed by atoms with Crippen LogP contribution in [0.15, 0.2) is 53.4 Å². The number of nitrogens with one attached hydrogen (secondary N) is 2. The van der Waals surface area contributed by atoms with Crippen LogP contribution in [0.1, 0.15) is 24.2 Å². The smallest absolute Gasteiger partial charge is 0.338 e. The third-order valence-electron chi connectivity index (χ3n) is 4.88. The van der Waals surface area contributed by atoms with Crippen molar-refractivity contribution < 1.29 is 27.5 Å². The number of sulfonamides is 1. The SMILES string of the molecule is CCNS(=O)(=O)c1cccc(C(=O)O[C@H](C)C(=O)Nc2ccc(N3CCOCC3)cc2)c1. The molecule has 1 heterocycles. The first kappa shape index (κ1) is 23.7. The Morgan fingerprint density at radius 2 is 1.81 bits per heavy atom. The number of morpholine rings is 1. The fraction of sp³-hybridized carbons (Fsp3) is 0.364. The van der Waals surface area contributed by atoms with E-state index in [4.69, 9.17) is 9.47 Å². The predicted octanol–water partition coefficient (Wildman–Crippen LogP) is 2.01. The van der Waals surface area contributed by atoms with Crippen molar-refractivity contribution in [3.05, 3.63) is 54.1 Å². The zero-order valence-corrected chi connectivity index (χ0v) is 18.9. The van der Waals surface area contributed by atoms with Gasteiger partial charge in [-0.25, -0.2) is 17.9 Å². The number of rotatable bonds is 8. The van der Waals surface area contributed by atoms with Crippen molar-refractivity contribution in [3.8, 4) is 0 Å². The largest absolute Gasteiger partial charge is 0.449 e. The number of nitrogens with zero attached hydrogens (tertiary/aromatic N) is 1. The Hall–Kier alpha value is -2.95. The third kappa shape index (κ3) is 6.06. The summed E-state index contributed by atoms with van der Waals surface area (Å²) in [6.07, 6.45) is -1.07. The zero-order chi connectivity index (χ0) is 23.1. The predicted molar refractivity (Wildman–Crippen MR) is 120 cm³/mol. The molecule has 1 saturated heterocycles. The highest BCUT2D eigenvalue weighted by Crippen LogP contribution is 2.19. The number of anilines is 2. The summed E-state index contributed by atoms with van der Waals surface area (Å²) >= 11 is 0. The normalized spacial score (nSPS) is 15.1. The summed E-state index contributed by atoms with van der Waals surface area (Å²) in [5.41, 5.74) is 1.66. The molecule has 2 aromatic rings. The van der Waals surface area contributed by atoms with E-state index < -0.39 is 28.0 Å². The van der Waals surface area contributed by atoms with Gasteiger partial charge in [-0.05, 0) is 49.4 Å². The molecule has 2 aromatic carbocycles. The molecule has 0 unspecified atom stereocenters. The van der Waals surface area contributed by atoms with E-state index in [0.717, 1.165) is 18.8 Å². The molecule has 3 rings (SSSR count). The number of esters is 1. The minimum Gasteiger partial charge on any atom is -0.449 e. The second kappa shape index (κ2) is 10.6. The van der Waals surface area contributed by atoms with E-state index in [-0.39, 0.29) is 17.0 Å². The number of hydrogen-bond donors (Lipinski definition) is 2. The lowest BCUT2D eigenvalue weighted by atomic mass is 10.2. The molecule has 0 radical (unpaired) electrons. The molecular weight excluding hydrogens is 434 g/mol. The first-order valence-electron chi connectivity index (χ1n) is 10.3. The van der Waals surface area contributed by atoms with Crippen molar-refractivity contribution in [3.63, 3.8) is 0 Å². The van der Waals surface area contributed by atoms with E-state index in [0.29, 0.717) is 18.9 Å². The average Bonchev–Trinajstić information content (AvgIpc) is 2.80. The summed E-state index contributed by atoms with van der Waals surface area (Å²) in [4.78, 5) is 27.0. The summed E-state index contributed by atoms with van der Waals surface area (Å²) < 4.78 is 37.2. The molecule has 10 heteroatoms. The van der Waals surface area contributed by atoms with Crippen molar-refractivity contribution in [2.75, 3.05) is 43.1 Å². The van der Waals surface area contributed by atoms with Gasteiger partial charge >= 0.3 is 5.97 Å². The lowest BCUT2D eigenvalue weighted by Crippen LogP contribution is -2.36. The molecule has 0 spiro atoms. The van der Waals surface area contributed by atoms with Gasteiger partial charge in [-0.3, -0.25) is 4.79 Å². The van der Waals surface area contributed by atoms with Crippen LogP contribution in [0.25, 0.3) is 0 Å². The summed E-state index contributed by atoms with van der Waals surface area (Å²) in [6.45, 7) is 6.34. The van der Waals surface area contributed by atoms with E-state index in [2.05, 4.69) is 14.9 Å². The van der Waals surface area contributed by atoms with Crippen LogP contribution in [0.2, 0.25) is 0 Å². The first-order chi connectivity index (χ1) is 15.3. The Labute approximate surface area is 187 Å². The van der Waals surface area contributed by atoms with Gasteiger partial charge in [-0.15, -0.1) is 0 Å². The minimum absolute atomic E-state index is 0.0403. The molecule has 172 valence electrons. The maximum Gasteiger partial charge on any atom is 0.338 e. The van der Waals surface area contributed by atoms with Gasteiger partial charge in [-0.1, -0.05) is 13.0 Å². The number of ether oxygens (including phenoxy) is 2. The molecule has 0 aromatic heterocycles. The molecule has 0 aliphatic carbocycles. The van der Waals surface area contributed by atoms with Crippen molar-refractivity contribution in [1.29, 1.82) is 0 Å². The van der Waals surface area contributed by atoms with Crippen LogP contribution < -0.4 is 14.9 Å². The monoisotopic (exact) mass is 461 g/mol. The molecule has 1 amide bonds. The van der Waals surface area contributed by atoms with Crippen LogP contribution in [-0.4, -0.2) is 59.2 Å². The lowest BCUT2D eigenvalue weighted by Gasteiger charge is -2.28.